The Morgan fingerprint density at radius 1 is 1.33 bits per heavy atom. The summed E-state index contributed by atoms with van der Waals surface area (Å²) >= 11 is 0. The lowest BCUT2D eigenvalue weighted by molar-refractivity contribution is -0.127. The van der Waals surface area contributed by atoms with Crippen molar-refractivity contribution in [3.63, 3.8) is 0 Å². The minimum Gasteiger partial charge on any atom is -0.508 e. The van der Waals surface area contributed by atoms with Crippen molar-refractivity contribution in [3.05, 3.63) is 29.5 Å². The van der Waals surface area contributed by atoms with Gasteiger partial charge in [-0.15, -0.1) is 0 Å². The van der Waals surface area contributed by atoms with Crippen molar-refractivity contribution in [2.24, 2.45) is 0 Å². The number of carbonyl (C=O) groups excluding carboxylic acids is 2. The summed E-state index contributed by atoms with van der Waals surface area (Å²) in [5.74, 6) is 0.0392. The van der Waals surface area contributed by atoms with Crippen molar-refractivity contribution < 1.29 is 14.7 Å². The van der Waals surface area contributed by atoms with Crippen molar-refractivity contribution in [1.29, 1.82) is 0 Å². The number of nitrogens with zero attached hydrogens (tertiary/aromatic N) is 2. The summed E-state index contributed by atoms with van der Waals surface area (Å²) in [7, 11) is 1.52. The highest BCUT2D eigenvalue weighted by Crippen LogP contribution is 2.40. The van der Waals surface area contributed by atoms with E-state index in [1.54, 1.807) is 17.0 Å². The summed E-state index contributed by atoms with van der Waals surface area (Å²) in [5, 5.41) is 10.6. The van der Waals surface area contributed by atoms with Gasteiger partial charge >= 0.3 is 6.03 Å². The van der Waals surface area contributed by atoms with Crippen LogP contribution in [0.3, 0.4) is 0 Å². The Kier molecular flexibility index (Phi) is 2.21. The number of aromatic hydroxyl groups is 1. The molecule has 2 atom stereocenters. The van der Waals surface area contributed by atoms with Crippen LogP contribution in [0.4, 0.5) is 4.79 Å². The molecule has 3 amide bonds. The van der Waals surface area contributed by atoms with Crippen LogP contribution in [0, 0.1) is 0 Å². The molecule has 2 N–H and O–H groups in total. The summed E-state index contributed by atoms with van der Waals surface area (Å²) in [5.41, 5.74) is 2.88. The monoisotopic (exact) mass is 285 g/mol. The number of imide groups is 1. The Balaban J connectivity index is 1.92. The average Bonchev–Trinajstić information content (AvgIpc) is 2.92. The van der Waals surface area contributed by atoms with E-state index in [1.807, 2.05) is 13.0 Å². The standard InChI is InChI=1S/C15H15N3O3/c1-7-13-10(9-5-8(19)3-4-11(9)16-13)6-12-14(20)17(2)15(21)18(7)12/h3-5,7,12,16,19H,6H2,1-2H3/t7-,12-/m0/s1. The molecule has 0 saturated carbocycles. The number of aromatic nitrogens is 1. The zero-order valence-corrected chi connectivity index (χ0v) is 11.8. The van der Waals surface area contributed by atoms with E-state index in [2.05, 4.69) is 4.98 Å². The number of phenols is 1. The van der Waals surface area contributed by atoms with E-state index in [-0.39, 0.29) is 23.7 Å². The second kappa shape index (κ2) is 3.78. The van der Waals surface area contributed by atoms with E-state index < -0.39 is 6.04 Å². The Morgan fingerprint density at radius 3 is 2.86 bits per heavy atom. The molecule has 2 aliphatic heterocycles. The molecule has 4 rings (SSSR count). The van der Waals surface area contributed by atoms with Crippen molar-refractivity contribution in [3.8, 4) is 5.75 Å². The fourth-order valence-corrected chi connectivity index (χ4v) is 3.53. The van der Waals surface area contributed by atoms with Gasteiger partial charge in [0.15, 0.2) is 0 Å². The van der Waals surface area contributed by atoms with Crippen LogP contribution in [0.2, 0.25) is 0 Å². The number of rotatable bonds is 0. The molecule has 0 unspecified atom stereocenters. The predicted molar refractivity (Wildman–Crippen MR) is 75.9 cm³/mol. The Bertz CT molecular complexity index is 795. The van der Waals surface area contributed by atoms with Crippen LogP contribution in [-0.2, 0) is 11.2 Å². The summed E-state index contributed by atoms with van der Waals surface area (Å²) < 4.78 is 0. The molecular formula is C15H15N3O3. The first kappa shape index (κ1) is 12.3. The highest BCUT2D eigenvalue weighted by molar-refractivity contribution is 6.05. The van der Waals surface area contributed by atoms with Gasteiger partial charge in [0.1, 0.15) is 11.8 Å². The molecule has 2 aromatic rings. The number of nitrogens with one attached hydrogen (secondary N) is 1. The van der Waals surface area contributed by atoms with Crippen molar-refractivity contribution in [2.45, 2.75) is 25.4 Å². The van der Waals surface area contributed by atoms with Crippen LogP contribution in [0.15, 0.2) is 18.2 Å². The number of amides is 3. The molecule has 1 aromatic carbocycles. The molecule has 0 spiro atoms. The smallest absolute Gasteiger partial charge is 0.327 e. The van der Waals surface area contributed by atoms with E-state index in [0.717, 1.165) is 22.2 Å². The first-order valence-corrected chi connectivity index (χ1v) is 6.92. The van der Waals surface area contributed by atoms with Crippen LogP contribution >= 0.6 is 0 Å². The van der Waals surface area contributed by atoms with Gasteiger partial charge in [-0.1, -0.05) is 0 Å². The van der Waals surface area contributed by atoms with Crippen molar-refractivity contribution in [1.82, 2.24) is 14.8 Å². The zero-order valence-electron chi connectivity index (χ0n) is 11.8. The molecular weight excluding hydrogens is 270 g/mol. The van der Waals surface area contributed by atoms with Gasteiger partial charge in [0.05, 0.1) is 6.04 Å². The number of hydrogen-bond donors (Lipinski definition) is 2. The van der Waals surface area contributed by atoms with Crippen LogP contribution in [0.5, 0.6) is 5.75 Å². The molecule has 0 aliphatic carbocycles. The van der Waals surface area contributed by atoms with E-state index in [1.165, 1.54) is 11.9 Å². The van der Waals surface area contributed by atoms with Gasteiger partial charge in [-0.25, -0.2) is 4.79 Å². The lowest BCUT2D eigenvalue weighted by Gasteiger charge is -2.33. The maximum atomic E-state index is 12.2. The number of fused-ring (bicyclic) bond motifs is 4. The minimum atomic E-state index is -0.439. The van der Waals surface area contributed by atoms with E-state index in [4.69, 9.17) is 0 Å². The highest BCUT2D eigenvalue weighted by atomic mass is 16.3. The number of likely N-dealkylation sites (N-methyl/N-ethyl adjacent to an activating group) is 1. The molecule has 1 saturated heterocycles. The number of hydrogen-bond acceptors (Lipinski definition) is 3. The third-order valence-corrected chi connectivity index (χ3v) is 4.61. The van der Waals surface area contributed by atoms with Crippen molar-refractivity contribution in [2.75, 3.05) is 7.05 Å². The van der Waals surface area contributed by atoms with Crippen molar-refractivity contribution >= 4 is 22.8 Å². The second-order valence-electron chi connectivity index (χ2n) is 5.73. The molecule has 2 aliphatic rings. The lowest BCUT2D eigenvalue weighted by Crippen LogP contribution is -2.42. The predicted octanol–water partition coefficient (Wildman–Crippen LogP) is 1.75. The number of carbonyl (C=O) groups is 2. The third-order valence-electron chi connectivity index (χ3n) is 4.61. The van der Waals surface area contributed by atoms with Gasteiger partial charge in [0.2, 0.25) is 0 Å². The Hall–Kier alpha value is -2.50. The molecule has 108 valence electrons. The lowest BCUT2D eigenvalue weighted by atomic mass is 9.93. The second-order valence-corrected chi connectivity index (χ2v) is 5.73. The van der Waals surface area contributed by atoms with Crippen LogP contribution < -0.4 is 0 Å². The molecule has 6 nitrogen and oxygen atoms in total. The highest BCUT2D eigenvalue weighted by Gasteiger charge is 2.49. The van der Waals surface area contributed by atoms with E-state index >= 15 is 0 Å². The summed E-state index contributed by atoms with van der Waals surface area (Å²) in [4.78, 5) is 30.6. The Labute approximate surface area is 121 Å². The van der Waals surface area contributed by atoms with E-state index in [9.17, 15) is 14.7 Å². The van der Waals surface area contributed by atoms with Crippen LogP contribution in [-0.4, -0.2) is 44.9 Å². The summed E-state index contributed by atoms with van der Waals surface area (Å²) in [6.45, 7) is 1.92. The fraction of sp³-hybridized carbons (Fsp3) is 0.333. The van der Waals surface area contributed by atoms with Gasteiger partial charge in [0, 0.05) is 30.1 Å². The summed E-state index contributed by atoms with van der Waals surface area (Å²) in [6, 6.07) is 4.28. The molecule has 6 heteroatoms. The average molecular weight is 285 g/mol. The van der Waals surface area contributed by atoms with Gasteiger partial charge in [0.25, 0.3) is 5.91 Å². The number of aromatic amines is 1. The molecule has 0 bridgehead atoms. The third kappa shape index (κ3) is 1.42. The van der Waals surface area contributed by atoms with Crippen LogP contribution in [0.1, 0.15) is 24.2 Å². The number of benzene rings is 1. The Morgan fingerprint density at radius 2 is 2.10 bits per heavy atom. The minimum absolute atomic E-state index is 0.160. The first-order valence-electron chi connectivity index (χ1n) is 6.92. The fourth-order valence-electron chi connectivity index (χ4n) is 3.53. The quantitative estimate of drug-likeness (QED) is 0.724. The first-order chi connectivity index (χ1) is 9.99. The van der Waals surface area contributed by atoms with Gasteiger partial charge in [-0.3, -0.25) is 9.69 Å². The largest absolute Gasteiger partial charge is 0.508 e. The molecule has 1 fully saturated rings. The number of urea groups is 1. The number of H-pyrrole nitrogens is 1. The summed E-state index contributed by atoms with van der Waals surface area (Å²) in [6.07, 6.45) is 0.484. The zero-order chi connectivity index (χ0) is 14.9. The van der Waals surface area contributed by atoms with Crippen LogP contribution in [0.25, 0.3) is 10.9 Å². The molecule has 3 heterocycles. The topological polar surface area (TPSA) is 76.6 Å². The van der Waals surface area contributed by atoms with Gasteiger partial charge in [-0.05, 0) is 30.7 Å². The van der Waals surface area contributed by atoms with Gasteiger partial charge < -0.3 is 15.0 Å². The van der Waals surface area contributed by atoms with Gasteiger partial charge in [-0.2, -0.15) is 0 Å². The molecule has 21 heavy (non-hydrogen) atoms. The normalized spacial score (nSPS) is 24.7. The number of phenolic OH excluding ortho intramolecular Hbond substituents is 1. The SMILES string of the molecule is C[C@H]1c2[nH]c3ccc(O)cc3c2C[C@H]2C(=O)N(C)C(=O)N21. The molecule has 0 radical (unpaired) electrons. The molecule has 1 aromatic heterocycles. The maximum absolute atomic E-state index is 12.2. The maximum Gasteiger partial charge on any atom is 0.327 e. The van der Waals surface area contributed by atoms with E-state index in [0.29, 0.717) is 6.42 Å².